The lowest BCUT2D eigenvalue weighted by molar-refractivity contribution is 0.500. The highest BCUT2D eigenvalue weighted by Gasteiger charge is 2.22. The molecule has 0 bridgehead atoms. The fraction of sp³-hybridized carbons (Fsp3) is 0.571. The molecule has 0 saturated carbocycles. The van der Waals surface area contributed by atoms with Gasteiger partial charge in [-0.05, 0) is 44.2 Å². The maximum Gasteiger partial charge on any atom is 0.175 e. The molecule has 0 amide bonds. The van der Waals surface area contributed by atoms with E-state index in [2.05, 4.69) is 12.2 Å². The summed E-state index contributed by atoms with van der Waals surface area (Å²) in [5, 5.41) is 3.31. The van der Waals surface area contributed by atoms with E-state index < -0.39 is 20.6 Å². The average molecular weight is 317 g/mol. The molecule has 1 aromatic rings. The van der Waals surface area contributed by atoms with Crippen LogP contribution in [0.25, 0.3) is 0 Å². The summed E-state index contributed by atoms with van der Waals surface area (Å²) < 4.78 is 35.3. The third-order valence-electron chi connectivity index (χ3n) is 3.29. The summed E-state index contributed by atoms with van der Waals surface area (Å²) in [4.78, 5) is 0.922. The van der Waals surface area contributed by atoms with Gasteiger partial charge >= 0.3 is 0 Å². The van der Waals surface area contributed by atoms with Crippen molar-refractivity contribution in [1.29, 1.82) is 0 Å². The van der Waals surface area contributed by atoms with Crippen LogP contribution in [-0.4, -0.2) is 36.7 Å². The Kier molecular flexibility index (Phi) is 6.36. The quantitative estimate of drug-likeness (QED) is 0.835. The van der Waals surface area contributed by atoms with Crippen molar-refractivity contribution >= 4 is 20.6 Å². The minimum Gasteiger partial charge on any atom is -0.313 e. The average Bonchev–Trinajstić information content (AvgIpc) is 2.42. The van der Waals surface area contributed by atoms with E-state index in [9.17, 15) is 12.6 Å². The Morgan fingerprint density at radius 3 is 2.15 bits per heavy atom. The van der Waals surface area contributed by atoms with Crippen molar-refractivity contribution in [2.45, 2.75) is 48.3 Å². The second-order valence-electron chi connectivity index (χ2n) is 4.82. The number of nitrogens with one attached hydrogen (secondary N) is 1. The van der Waals surface area contributed by atoms with Gasteiger partial charge in [0.2, 0.25) is 0 Å². The molecule has 114 valence electrons. The SMILES string of the molecule is CCNC(CC)C(C)S(=O)c1ccc(S(C)(=O)=O)cc1. The number of sulfone groups is 1. The molecule has 0 saturated heterocycles. The monoisotopic (exact) mass is 317 g/mol. The van der Waals surface area contributed by atoms with Crippen molar-refractivity contribution in [2.75, 3.05) is 12.8 Å². The Morgan fingerprint density at radius 1 is 1.20 bits per heavy atom. The molecule has 1 aromatic carbocycles. The summed E-state index contributed by atoms with van der Waals surface area (Å²) in [6.45, 7) is 6.89. The molecule has 0 aromatic heterocycles. The standard InChI is InChI=1S/C14H23NO3S2/c1-5-14(15-6-2)11(3)19(16)12-7-9-13(10-8-12)20(4,17)18/h7-11,14-15H,5-6H2,1-4H3. The van der Waals surface area contributed by atoms with Crippen LogP contribution < -0.4 is 5.32 Å². The Hall–Kier alpha value is -0.720. The molecule has 6 heteroatoms. The third kappa shape index (κ3) is 4.40. The number of hydrogen-bond acceptors (Lipinski definition) is 4. The number of hydrogen-bond donors (Lipinski definition) is 1. The van der Waals surface area contributed by atoms with Gasteiger partial charge in [-0.1, -0.05) is 13.8 Å². The summed E-state index contributed by atoms with van der Waals surface area (Å²) >= 11 is 0. The minimum atomic E-state index is -3.21. The number of benzene rings is 1. The van der Waals surface area contributed by atoms with Crippen LogP contribution in [0.4, 0.5) is 0 Å². The van der Waals surface area contributed by atoms with Gasteiger partial charge in [0.15, 0.2) is 9.84 Å². The second-order valence-corrected chi connectivity index (χ2v) is 8.64. The van der Waals surface area contributed by atoms with E-state index in [4.69, 9.17) is 0 Å². The predicted octanol–water partition coefficient (Wildman–Crippen LogP) is 1.97. The van der Waals surface area contributed by atoms with Crippen LogP contribution in [0.3, 0.4) is 0 Å². The predicted molar refractivity (Wildman–Crippen MR) is 83.2 cm³/mol. The summed E-state index contributed by atoms with van der Waals surface area (Å²) in [6.07, 6.45) is 2.07. The van der Waals surface area contributed by atoms with Crippen molar-refractivity contribution in [1.82, 2.24) is 5.32 Å². The Bertz CT molecular complexity index is 552. The van der Waals surface area contributed by atoms with Crippen molar-refractivity contribution in [3.63, 3.8) is 0 Å². The molecule has 0 aliphatic heterocycles. The zero-order chi connectivity index (χ0) is 15.3. The smallest absolute Gasteiger partial charge is 0.175 e. The molecule has 0 heterocycles. The van der Waals surface area contributed by atoms with E-state index >= 15 is 0 Å². The topological polar surface area (TPSA) is 63.2 Å². The van der Waals surface area contributed by atoms with Gasteiger partial charge in [0.25, 0.3) is 0 Å². The lowest BCUT2D eigenvalue weighted by Gasteiger charge is -2.23. The van der Waals surface area contributed by atoms with Gasteiger partial charge in [0, 0.05) is 17.2 Å². The van der Waals surface area contributed by atoms with Crippen LogP contribution in [0.5, 0.6) is 0 Å². The van der Waals surface area contributed by atoms with Gasteiger partial charge in [-0.15, -0.1) is 0 Å². The number of rotatable bonds is 7. The summed E-state index contributed by atoms with van der Waals surface area (Å²) in [5.74, 6) is 0. The van der Waals surface area contributed by atoms with Gasteiger partial charge in [0.1, 0.15) is 0 Å². The van der Waals surface area contributed by atoms with Gasteiger partial charge in [-0.2, -0.15) is 0 Å². The van der Waals surface area contributed by atoms with Crippen LogP contribution in [0.1, 0.15) is 27.2 Å². The lowest BCUT2D eigenvalue weighted by Crippen LogP contribution is -2.39. The Balaban J connectivity index is 2.92. The van der Waals surface area contributed by atoms with Gasteiger partial charge in [-0.25, -0.2) is 8.42 Å². The third-order valence-corrected chi connectivity index (χ3v) is 6.16. The van der Waals surface area contributed by atoms with Crippen LogP contribution in [0.15, 0.2) is 34.1 Å². The van der Waals surface area contributed by atoms with E-state index in [-0.39, 0.29) is 16.2 Å². The largest absolute Gasteiger partial charge is 0.313 e. The molecule has 0 aliphatic rings. The highest BCUT2D eigenvalue weighted by atomic mass is 32.2. The van der Waals surface area contributed by atoms with E-state index in [1.54, 1.807) is 12.1 Å². The zero-order valence-corrected chi connectivity index (χ0v) is 14.1. The summed E-state index contributed by atoms with van der Waals surface area (Å²) in [5.41, 5.74) is 0. The molecule has 4 nitrogen and oxygen atoms in total. The van der Waals surface area contributed by atoms with Crippen LogP contribution >= 0.6 is 0 Å². The molecule has 0 spiro atoms. The first-order chi connectivity index (χ1) is 9.31. The zero-order valence-electron chi connectivity index (χ0n) is 12.4. The molecule has 1 N–H and O–H groups in total. The fourth-order valence-corrected chi connectivity index (χ4v) is 4.14. The second kappa shape index (κ2) is 7.33. The van der Waals surface area contributed by atoms with Gasteiger partial charge in [-0.3, -0.25) is 4.21 Å². The summed E-state index contributed by atoms with van der Waals surface area (Å²) in [6, 6.07) is 6.51. The lowest BCUT2D eigenvalue weighted by atomic mass is 10.2. The van der Waals surface area contributed by atoms with Crippen molar-refractivity contribution in [3.05, 3.63) is 24.3 Å². The Labute approximate surface area is 124 Å². The van der Waals surface area contributed by atoms with E-state index in [1.807, 2.05) is 13.8 Å². The highest BCUT2D eigenvalue weighted by Crippen LogP contribution is 2.18. The van der Waals surface area contributed by atoms with Crippen molar-refractivity contribution < 1.29 is 12.6 Å². The maximum atomic E-state index is 12.5. The molecule has 0 radical (unpaired) electrons. The van der Waals surface area contributed by atoms with E-state index in [1.165, 1.54) is 18.4 Å². The molecule has 1 rings (SSSR count). The van der Waals surface area contributed by atoms with Gasteiger partial charge in [0.05, 0.1) is 20.9 Å². The summed E-state index contributed by atoms with van der Waals surface area (Å²) in [7, 11) is -4.36. The molecule has 20 heavy (non-hydrogen) atoms. The van der Waals surface area contributed by atoms with Crippen LogP contribution in [0, 0.1) is 0 Å². The first-order valence-electron chi connectivity index (χ1n) is 6.75. The highest BCUT2D eigenvalue weighted by molar-refractivity contribution is 7.90. The van der Waals surface area contributed by atoms with E-state index in [0.717, 1.165) is 13.0 Å². The first-order valence-corrected chi connectivity index (χ1v) is 9.85. The molecular weight excluding hydrogens is 294 g/mol. The maximum absolute atomic E-state index is 12.5. The van der Waals surface area contributed by atoms with Crippen LogP contribution in [0.2, 0.25) is 0 Å². The fourth-order valence-electron chi connectivity index (χ4n) is 2.09. The first kappa shape index (κ1) is 17.3. The van der Waals surface area contributed by atoms with Gasteiger partial charge < -0.3 is 5.32 Å². The van der Waals surface area contributed by atoms with Crippen molar-refractivity contribution in [2.24, 2.45) is 0 Å². The van der Waals surface area contributed by atoms with Crippen LogP contribution in [-0.2, 0) is 20.6 Å². The normalized spacial score (nSPS) is 16.6. The molecule has 0 aliphatic carbocycles. The Morgan fingerprint density at radius 2 is 1.75 bits per heavy atom. The molecule has 3 atom stereocenters. The molecule has 0 fully saturated rings. The van der Waals surface area contributed by atoms with Crippen molar-refractivity contribution in [3.8, 4) is 0 Å². The molecule has 3 unspecified atom stereocenters. The minimum absolute atomic E-state index is 0.0240. The molecular formula is C14H23NO3S2. The van der Waals surface area contributed by atoms with E-state index in [0.29, 0.717) is 4.90 Å².